The van der Waals surface area contributed by atoms with Crippen molar-refractivity contribution in [1.29, 1.82) is 0 Å². The first-order chi connectivity index (χ1) is 10.7. The molecule has 3 aliphatic rings. The average molecular weight is 325 g/mol. The number of hydrogen-bond donors (Lipinski definition) is 2. The van der Waals surface area contributed by atoms with Gasteiger partial charge in [-0.25, -0.2) is 0 Å². The van der Waals surface area contributed by atoms with Crippen molar-refractivity contribution in [2.24, 2.45) is 17.6 Å². The van der Waals surface area contributed by atoms with Gasteiger partial charge in [0.15, 0.2) is 0 Å². The molecule has 1 saturated heterocycles. The maximum atomic E-state index is 12.6. The highest BCUT2D eigenvalue weighted by Gasteiger charge is 2.39. The molecule has 2 aliphatic carbocycles. The molecule has 3 unspecified atom stereocenters. The summed E-state index contributed by atoms with van der Waals surface area (Å²) in [7, 11) is 0. The molecule has 0 aromatic heterocycles. The zero-order valence-electron chi connectivity index (χ0n) is 13.1. The van der Waals surface area contributed by atoms with Gasteiger partial charge in [0.25, 0.3) is 0 Å². The van der Waals surface area contributed by atoms with Crippen LogP contribution in [-0.2, 0) is 9.59 Å². The second-order valence-electron chi connectivity index (χ2n) is 6.85. The third kappa shape index (κ3) is 3.27. The lowest BCUT2D eigenvalue weighted by Gasteiger charge is -2.28. The first-order valence-corrected chi connectivity index (χ1v) is 9.75. The summed E-state index contributed by atoms with van der Waals surface area (Å²) < 4.78 is 0. The van der Waals surface area contributed by atoms with E-state index in [1.807, 2.05) is 4.90 Å². The summed E-state index contributed by atoms with van der Waals surface area (Å²) in [4.78, 5) is 27.1. The molecule has 3 atom stereocenters. The van der Waals surface area contributed by atoms with Crippen molar-refractivity contribution in [3.05, 3.63) is 0 Å². The van der Waals surface area contributed by atoms with Crippen LogP contribution in [0, 0.1) is 11.8 Å². The molecule has 0 bridgehead atoms. The van der Waals surface area contributed by atoms with Crippen LogP contribution in [-0.4, -0.2) is 47.0 Å². The molecule has 0 aromatic carbocycles. The number of thioether (sulfide) groups is 1. The second-order valence-corrected chi connectivity index (χ2v) is 7.85. The number of rotatable bonds is 4. The smallest absolute Gasteiger partial charge is 0.243 e. The fourth-order valence-corrected chi connectivity index (χ4v) is 5.24. The average Bonchev–Trinajstić information content (AvgIpc) is 3.26. The SMILES string of the molecule is NCC1CCCC1NC(=O)C1CSCN1C(=O)C1CCCC1. The van der Waals surface area contributed by atoms with Crippen molar-refractivity contribution in [2.45, 2.75) is 57.0 Å². The standard InChI is InChI=1S/C16H27N3O2S/c17-8-12-6-3-7-13(12)18-15(20)14-9-22-10-19(14)16(21)11-4-1-2-5-11/h11-14H,1-10,17H2,(H,18,20). The van der Waals surface area contributed by atoms with E-state index in [-0.39, 0.29) is 29.8 Å². The molecule has 124 valence electrons. The monoisotopic (exact) mass is 325 g/mol. The predicted molar refractivity (Wildman–Crippen MR) is 88.2 cm³/mol. The van der Waals surface area contributed by atoms with Gasteiger partial charge in [-0.3, -0.25) is 9.59 Å². The highest BCUT2D eigenvalue weighted by Crippen LogP contribution is 2.31. The highest BCUT2D eigenvalue weighted by atomic mass is 32.2. The van der Waals surface area contributed by atoms with E-state index in [4.69, 9.17) is 5.73 Å². The fourth-order valence-electron chi connectivity index (χ4n) is 4.07. The van der Waals surface area contributed by atoms with Crippen LogP contribution in [0.5, 0.6) is 0 Å². The Morgan fingerprint density at radius 1 is 1.14 bits per heavy atom. The molecule has 22 heavy (non-hydrogen) atoms. The Bertz CT molecular complexity index is 426. The molecule has 3 N–H and O–H groups in total. The first kappa shape index (κ1) is 16.1. The van der Waals surface area contributed by atoms with Crippen molar-refractivity contribution >= 4 is 23.6 Å². The zero-order valence-corrected chi connectivity index (χ0v) is 13.9. The number of nitrogens with one attached hydrogen (secondary N) is 1. The lowest BCUT2D eigenvalue weighted by molar-refractivity contribution is -0.141. The van der Waals surface area contributed by atoms with Gasteiger partial charge in [0.2, 0.25) is 11.8 Å². The van der Waals surface area contributed by atoms with Crippen LogP contribution in [0.1, 0.15) is 44.9 Å². The summed E-state index contributed by atoms with van der Waals surface area (Å²) in [5, 5.41) is 3.17. The summed E-state index contributed by atoms with van der Waals surface area (Å²) >= 11 is 1.69. The van der Waals surface area contributed by atoms with Gasteiger partial charge in [-0.2, -0.15) is 0 Å². The molecule has 5 nitrogen and oxygen atoms in total. The largest absolute Gasteiger partial charge is 0.351 e. The molecular weight excluding hydrogens is 298 g/mol. The van der Waals surface area contributed by atoms with Crippen LogP contribution in [0.15, 0.2) is 0 Å². The van der Waals surface area contributed by atoms with Gasteiger partial charge < -0.3 is 16.0 Å². The number of nitrogens with two attached hydrogens (primary N) is 1. The predicted octanol–water partition coefficient (Wildman–Crippen LogP) is 1.32. The van der Waals surface area contributed by atoms with Gasteiger partial charge in [0.05, 0.1) is 5.88 Å². The van der Waals surface area contributed by atoms with Gasteiger partial charge in [-0.15, -0.1) is 11.8 Å². The van der Waals surface area contributed by atoms with E-state index in [2.05, 4.69) is 5.32 Å². The zero-order chi connectivity index (χ0) is 15.5. The van der Waals surface area contributed by atoms with Gasteiger partial charge >= 0.3 is 0 Å². The topological polar surface area (TPSA) is 75.4 Å². The molecule has 6 heteroatoms. The summed E-state index contributed by atoms with van der Waals surface area (Å²) in [6, 6.07) is -0.0799. The lowest BCUT2D eigenvalue weighted by Crippen LogP contribution is -2.52. The maximum Gasteiger partial charge on any atom is 0.243 e. The third-order valence-corrected chi connectivity index (χ3v) is 6.47. The Morgan fingerprint density at radius 3 is 2.64 bits per heavy atom. The molecule has 3 fully saturated rings. The van der Waals surface area contributed by atoms with Crippen molar-refractivity contribution in [3.8, 4) is 0 Å². The number of nitrogens with zero attached hydrogens (tertiary/aromatic N) is 1. The van der Waals surface area contributed by atoms with Crippen molar-refractivity contribution in [1.82, 2.24) is 10.2 Å². The minimum absolute atomic E-state index is 0.0293. The molecule has 1 aliphatic heterocycles. The third-order valence-electron chi connectivity index (χ3n) is 5.46. The molecule has 2 saturated carbocycles. The number of amides is 2. The quantitative estimate of drug-likeness (QED) is 0.817. The van der Waals surface area contributed by atoms with E-state index < -0.39 is 0 Å². The maximum absolute atomic E-state index is 12.6. The summed E-state index contributed by atoms with van der Waals surface area (Å²) in [6.45, 7) is 0.634. The van der Waals surface area contributed by atoms with Crippen molar-refractivity contribution in [3.63, 3.8) is 0 Å². The van der Waals surface area contributed by atoms with Gasteiger partial charge in [0, 0.05) is 17.7 Å². The van der Waals surface area contributed by atoms with Crippen LogP contribution in [0.4, 0.5) is 0 Å². The van der Waals surface area contributed by atoms with Crippen molar-refractivity contribution in [2.75, 3.05) is 18.2 Å². The van der Waals surface area contributed by atoms with Gasteiger partial charge in [0.1, 0.15) is 6.04 Å². The Balaban J connectivity index is 1.59. The lowest BCUT2D eigenvalue weighted by atomic mass is 10.0. The first-order valence-electron chi connectivity index (χ1n) is 8.59. The van der Waals surface area contributed by atoms with Crippen molar-refractivity contribution < 1.29 is 9.59 Å². The van der Waals surface area contributed by atoms with E-state index in [1.54, 1.807) is 11.8 Å². The van der Waals surface area contributed by atoms with Gasteiger partial charge in [-0.1, -0.05) is 19.3 Å². The summed E-state index contributed by atoms with van der Waals surface area (Å²) in [6.07, 6.45) is 7.54. The molecular formula is C16H27N3O2S. The normalized spacial score (nSPS) is 32.6. The van der Waals surface area contributed by atoms with Crippen LogP contribution in [0.2, 0.25) is 0 Å². The number of hydrogen-bond acceptors (Lipinski definition) is 4. The molecule has 0 radical (unpaired) electrons. The van der Waals surface area contributed by atoms with Crippen LogP contribution in [0.25, 0.3) is 0 Å². The fraction of sp³-hybridized carbons (Fsp3) is 0.875. The van der Waals surface area contributed by atoms with E-state index >= 15 is 0 Å². The minimum Gasteiger partial charge on any atom is -0.351 e. The molecule has 2 amide bonds. The molecule has 1 heterocycles. The molecule has 0 spiro atoms. The Hall–Kier alpha value is -0.750. The van der Waals surface area contributed by atoms with Gasteiger partial charge in [-0.05, 0) is 38.1 Å². The second kappa shape index (κ2) is 7.21. The number of carbonyl (C=O) groups excluding carboxylic acids is 2. The highest BCUT2D eigenvalue weighted by molar-refractivity contribution is 7.99. The molecule has 0 aromatic rings. The Kier molecular flexibility index (Phi) is 5.29. The summed E-state index contributed by atoms with van der Waals surface area (Å²) in [5.41, 5.74) is 5.79. The Morgan fingerprint density at radius 2 is 1.91 bits per heavy atom. The van der Waals surface area contributed by atoms with E-state index in [0.717, 1.165) is 50.7 Å². The minimum atomic E-state index is -0.280. The van der Waals surface area contributed by atoms with Crippen LogP contribution >= 0.6 is 11.8 Å². The summed E-state index contributed by atoms with van der Waals surface area (Å²) in [5.74, 6) is 2.17. The Labute approximate surface area is 136 Å². The van der Waals surface area contributed by atoms with Crippen LogP contribution < -0.4 is 11.1 Å². The van der Waals surface area contributed by atoms with E-state index in [9.17, 15) is 9.59 Å². The number of carbonyl (C=O) groups is 2. The van der Waals surface area contributed by atoms with E-state index in [0.29, 0.717) is 18.3 Å². The van der Waals surface area contributed by atoms with Crippen LogP contribution in [0.3, 0.4) is 0 Å². The van der Waals surface area contributed by atoms with E-state index in [1.165, 1.54) is 0 Å². The molecule has 3 rings (SSSR count).